The Balaban J connectivity index is 1.71. The number of rotatable bonds is 9. The second kappa shape index (κ2) is 10.6. The van der Waals surface area contributed by atoms with Crippen molar-refractivity contribution < 1.29 is 22.7 Å². The highest BCUT2D eigenvalue weighted by Crippen LogP contribution is 2.28. The van der Waals surface area contributed by atoms with Crippen molar-refractivity contribution in [2.45, 2.75) is 45.1 Å². The topological polar surface area (TPSA) is 93.7 Å². The summed E-state index contributed by atoms with van der Waals surface area (Å²) in [6.45, 7) is 7.63. The highest BCUT2D eigenvalue weighted by atomic mass is 32.2. The van der Waals surface area contributed by atoms with Gasteiger partial charge in [-0.05, 0) is 86.3 Å². The van der Waals surface area contributed by atoms with Crippen LogP contribution >= 0.6 is 0 Å². The highest BCUT2D eigenvalue weighted by Gasteiger charge is 2.21. The number of hydrogen-bond donors (Lipinski definition) is 2. The van der Waals surface area contributed by atoms with Crippen molar-refractivity contribution >= 4 is 27.3 Å². The zero-order chi connectivity index (χ0) is 24.9. The first-order chi connectivity index (χ1) is 16.1. The number of carbonyl (C=O) groups is 1. The van der Waals surface area contributed by atoms with Crippen LogP contribution in [0.3, 0.4) is 0 Å². The van der Waals surface area contributed by atoms with Crippen LogP contribution in [-0.4, -0.2) is 27.5 Å². The molecule has 1 amide bonds. The largest absolute Gasteiger partial charge is 0.495 e. The van der Waals surface area contributed by atoms with E-state index in [1.807, 2.05) is 52.0 Å². The fourth-order valence-electron chi connectivity index (χ4n) is 3.36. The molecule has 0 fully saturated rings. The molecule has 3 aromatic rings. The Kier molecular flexibility index (Phi) is 7.83. The fraction of sp³-hybridized carbons (Fsp3) is 0.269. The van der Waals surface area contributed by atoms with E-state index in [1.54, 1.807) is 24.3 Å². The van der Waals surface area contributed by atoms with Gasteiger partial charge < -0.3 is 14.8 Å². The van der Waals surface area contributed by atoms with E-state index in [1.165, 1.54) is 19.2 Å². The lowest BCUT2D eigenvalue weighted by molar-refractivity contribution is -0.122. The summed E-state index contributed by atoms with van der Waals surface area (Å²) in [4.78, 5) is 12.9. The third-order valence-corrected chi connectivity index (χ3v) is 6.69. The minimum Gasteiger partial charge on any atom is -0.495 e. The van der Waals surface area contributed by atoms with E-state index in [9.17, 15) is 13.2 Å². The van der Waals surface area contributed by atoms with Crippen molar-refractivity contribution in [2.75, 3.05) is 17.1 Å². The summed E-state index contributed by atoms with van der Waals surface area (Å²) in [5, 5.41) is 2.80. The highest BCUT2D eigenvalue weighted by molar-refractivity contribution is 7.92. The molecule has 0 saturated carbocycles. The lowest BCUT2D eigenvalue weighted by atomic mass is 10.1. The number of methoxy groups -OCH3 is 1. The fourth-order valence-corrected chi connectivity index (χ4v) is 4.42. The molecule has 0 spiro atoms. The monoisotopic (exact) mass is 482 g/mol. The Hall–Kier alpha value is -3.52. The summed E-state index contributed by atoms with van der Waals surface area (Å²) >= 11 is 0. The zero-order valence-corrected chi connectivity index (χ0v) is 20.8. The lowest BCUT2D eigenvalue weighted by Crippen LogP contribution is -2.32. The Morgan fingerprint density at radius 1 is 0.912 bits per heavy atom. The number of nitrogens with one attached hydrogen (secondary N) is 2. The smallest absolute Gasteiger partial charge is 0.265 e. The molecular formula is C26H30N2O5S. The number of anilines is 2. The van der Waals surface area contributed by atoms with Gasteiger partial charge in [-0.2, -0.15) is 0 Å². The molecule has 1 atom stereocenters. The van der Waals surface area contributed by atoms with Crippen LogP contribution in [0.4, 0.5) is 11.4 Å². The molecule has 7 nitrogen and oxygen atoms in total. The van der Waals surface area contributed by atoms with Gasteiger partial charge in [0.2, 0.25) is 0 Å². The quantitative estimate of drug-likeness (QED) is 0.436. The Bertz CT molecular complexity index is 1270. The molecule has 1 unspecified atom stereocenters. The van der Waals surface area contributed by atoms with E-state index >= 15 is 0 Å². The van der Waals surface area contributed by atoms with Crippen molar-refractivity contribution in [3.05, 3.63) is 77.4 Å². The molecule has 0 bridgehead atoms. The van der Waals surface area contributed by atoms with Crippen molar-refractivity contribution in [3.63, 3.8) is 0 Å². The van der Waals surface area contributed by atoms with Crippen LogP contribution in [0, 0.1) is 20.8 Å². The molecule has 180 valence electrons. The third kappa shape index (κ3) is 6.08. The predicted molar refractivity (Wildman–Crippen MR) is 134 cm³/mol. The number of sulfonamides is 1. The maximum absolute atomic E-state index is 12.9. The average Bonchev–Trinajstić information content (AvgIpc) is 2.79. The van der Waals surface area contributed by atoms with Crippen LogP contribution in [-0.2, 0) is 14.8 Å². The van der Waals surface area contributed by atoms with Gasteiger partial charge >= 0.3 is 0 Å². The lowest BCUT2D eigenvalue weighted by Gasteiger charge is -2.19. The van der Waals surface area contributed by atoms with Crippen LogP contribution in [0.15, 0.2) is 65.6 Å². The van der Waals surface area contributed by atoms with E-state index < -0.39 is 16.1 Å². The van der Waals surface area contributed by atoms with Gasteiger partial charge in [0.15, 0.2) is 6.10 Å². The molecule has 3 rings (SSSR count). The molecule has 8 heteroatoms. The zero-order valence-electron chi connectivity index (χ0n) is 20.0. The van der Waals surface area contributed by atoms with Crippen molar-refractivity contribution in [1.29, 1.82) is 0 Å². The van der Waals surface area contributed by atoms with Crippen LogP contribution in [0.25, 0.3) is 0 Å². The average molecular weight is 483 g/mol. The van der Waals surface area contributed by atoms with E-state index in [2.05, 4.69) is 10.0 Å². The van der Waals surface area contributed by atoms with Gasteiger partial charge in [0.1, 0.15) is 11.5 Å². The standard InChI is InChI=1S/C26H30N2O5S/c1-6-23(33-25-16-18(3)7-9-19(25)4)26(29)27-20-10-12-21(13-11-20)34(30,31)28-22-15-17(2)8-14-24(22)32-5/h7-16,23,28H,6H2,1-5H3,(H,27,29). The van der Waals surface area contributed by atoms with Gasteiger partial charge in [-0.3, -0.25) is 9.52 Å². The van der Waals surface area contributed by atoms with Gasteiger partial charge in [0.25, 0.3) is 15.9 Å². The summed E-state index contributed by atoms with van der Waals surface area (Å²) in [6.07, 6.45) is -0.201. The summed E-state index contributed by atoms with van der Waals surface area (Å²) in [5.41, 5.74) is 3.72. The van der Waals surface area contributed by atoms with E-state index in [0.717, 1.165) is 16.7 Å². The second-order valence-electron chi connectivity index (χ2n) is 8.11. The summed E-state index contributed by atoms with van der Waals surface area (Å²) in [7, 11) is -2.37. The molecule has 0 heterocycles. The molecule has 0 radical (unpaired) electrons. The van der Waals surface area contributed by atoms with Crippen LogP contribution < -0.4 is 19.5 Å². The molecule has 0 aliphatic heterocycles. The first-order valence-electron chi connectivity index (χ1n) is 10.9. The Morgan fingerprint density at radius 3 is 2.21 bits per heavy atom. The molecule has 0 aromatic heterocycles. The molecule has 0 aliphatic rings. The van der Waals surface area contributed by atoms with Crippen LogP contribution in [0.2, 0.25) is 0 Å². The first-order valence-corrected chi connectivity index (χ1v) is 12.4. The number of ether oxygens (including phenoxy) is 2. The maximum atomic E-state index is 12.9. The molecule has 2 N–H and O–H groups in total. The Morgan fingerprint density at radius 2 is 1.56 bits per heavy atom. The predicted octanol–water partition coefficient (Wildman–Crippen LogP) is 5.22. The SMILES string of the molecule is CCC(Oc1cc(C)ccc1C)C(=O)Nc1ccc(S(=O)(=O)Nc2cc(C)ccc2OC)cc1. The normalized spacial score (nSPS) is 12.0. The number of hydrogen-bond acceptors (Lipinski definition) is 5. The van der Waals surface area contributed by atoms with Gasteiger partial charge in [-0.25, -0.2) is 8.42 Å². The van der Waals surface area contributed by atoms with E-state index in [4.69, 9.17) is 9.47 Å². The number of amides is 1. The Labute approximate surface area is 201 Å². The van der Waals surface area contributed by atoms with Crippen molar-refractivity contribution in [1.82, 2.24) is 0 Å². The molecule has 0 saturated heterocycles. The maximum Gasteiger partial charge on any atom is 0.265 e. The number of aryl methyl sites for hydroxylation is 3. The van der Waals surface area contributed by atoms with Gasteiger partial charge in [0.05, 0.1) is 17.7 Å². The molecular weight excluding hydrogens is 452 g/mol. The van der Waals surface area contributed by atoms with E-state index in [0.29, 0.717) is 29.3 Å². The molecule has 34 heavy (non-hydrogen) atoms. The van der Waals surface area contributed by atoms with Crippen LogP contribution in [0.1, 0.15) is 30.0 Å². The summed E-state index contributed by atoms with van der Waals surface area (Å²) in [5.74, 6) is 0.787. The van der Waals surface area contributed by atoms with Gasteiger partial charge in [-0.1, -0.05) is 25.1 Å². The minimum absolute atomic E-state index is 0.0627. The number of carbonyl (C=O) groups excluding carboxylic acids is 1. The first kappa shape index (κ1) is 25.1. The van der Waals surface area contributed by atoms with Gasteiger partial charge in [-0.15, -0.1) is 0 Å². The van der Waals surface area contributed by atoms with E-state index in [-0.39, 0.29) is 10.8 Å². The summed E-state index contributed by atoms with van der Waals surface area (Å²) in [6, 6.07) is 17.1. The van der Waals surface area contributed by atoms with Crippen LogP contribution in [0.5, 0.6) is 11.5 Å². The molecule has 0 aliphatic carbocycles. The second-order valence-corrected chi connectivity index (χ2v) is 9.79. The molecule has 3 aromatic carbocycles. The van der Waals surface area contributed by atoms with Crippen molar-refractivity contribution in [2.24, 2.45) is 0 Å². The third-order valence-electron chi connectivity index (χ3n) is 5.31. The van der Waals surface area contributed by atoms with Crippen molar-refractivity contribution in [3.8, 4) is 11.5 Å². The van der Waals surface area contributed by atoms with Gasteiger partial charge in [0, 0.05) is 5.69 Å². The number of benzene rings is 3. The minimum atomic E-state index is -3.85. The summed E-state index contributed by atoms with van der Waals surface area (Å²) < 4.78 is 39.5.